The summed E-state index contributed by atoms with van der Waals surface area (Å²) in [6.07, 6.45) is 1.82. The molecule has 0 N–H and O–H groups in total. The molecule has 0 atom stereocenters. The van der Waals surface area contributed by atoms with E-state index in [1.165, 1.54) is 0 Å². The van der Waals surface area contributed by atoms with E-state index in [-0.39, 0.29) is 12.5 Å². The Morgan fingerprint density at radius 1 is 1.16 bits per heavy atom. The molecule has 1 saturated heterocycles. The summed E-state index contributed by atoms with van der Waals surface area (Å²) in [6, 6.07) is 15.6. The zero-order valence-corrected chi connectivity index (χ0v) is 14.4. The topological polar surface area (TPSA) is 51.1 Å². The van der Waals surface area contributed by atoms with Crippen molar-refractivity contribution >= 4 is 17.8 Å². The van der Waals surface area contributed by atoms with Crippen LogP contribution in [0.1, 0.15) is 11.1 Å². The number of aryl methyl sites for hydroxylation is 1. The standard InChI is InChI=1S/C20H22N2O3/c1-16-4-2-3-5-19(16)21-14-17-6-8-18(9-7-17)25-15-20(23)22-10-12-24-13-11-22/h2-9,14H,10-13,15H2,1H3. The summed E-state index contributed by atoms with van der Waals surface area (Å²) >= 11 is 0. The van der Waals surface area contributed by atoms with E-state index >= 15 is 0 Å². The Labute approximate surface area is 147 Å². The number of ether oxygens (including phenoxy) is 2. The van der Waals surface area contributed by atoms with E-state index in [4.69, 9.17) is 9.47 Å². The summed E-state index contributed by atoms with van der Waals surface area (Å²) in [5.74, 6) is 0.670. The van der Waals surface area contributed by atoms with E-state index in [0.717, 1.165) is 16.8 Å². The third-order valence-electron chi connectivity index (χ3n) is 4.07. The molecule has 5 heteroatoms. The number of rotatable bonds is 5. The summed E-state index contributed by atoms with van der Waals surface area (Å²) in [5, 5.41) is 0. The second-order valence-electron chi connectivity index (χ2n) is 5.90. The molecule has 1 aliphatic heterocycles. The minimum Gasteiger partial charge on any atom is -0.484 e. The van der Waals surface area contributed by atoms with Crippen molar-refractivity contribution in [1.82, 2.24) is 4.90 Å². The Morgan fingerprint density at radius 2 is 1.88 bits per heavy atom. The van der Waals surface area contributed by atoms with Gasteiger partial charge >= 0.3 is 0 Å². The summed E-state index contributed by atoms with van der Waals surface area (Å²) in [5.41, 5.74) is 3.08. The third-order valence-corrected chi connectivity index (χ3v) is 4.07. The number of benzene rings is 2. The first-order valence-electron chi connectivity index (χ1n) is 8.40. The van der Waals surface area contributed by atoms with Gasteiger partial charge in [0.25, 0.3) is 5.91 Å². The molecule has 3 rings (SSSR count). The van der Waals surface area contributed by atoms with Crippen molar-refractivity contribution in [2.75, 3.05) is 32.9 Å². The number of carbonyl (C=O) groups is 1. The van der Waals surface area contributed by atoms with Crippen molar-refractivity contribution < 1.29 is 14.3 Å². The van der Waals surface area contributed by atoms with Crippen molar-refractivity contribution in [3.05, 3.63) is 59.7 Å². The van der Waals surface area contributed by atoms with Crippen LogP contribution in [0.15, 0.2) is 53.5 Å². The number of carbonyl (C=O) groups excluding carboxylic acids is 1. The number of nitrogens with zero attached hydrogens (tertiary/aromatic N) is 2. The maximum Gasteiger partial charge on any atom is 0.260 e. The minimum absolute atomic E-state index is 0.00603. The zero-order valence-electron chi connectivity index (χ0n) is 14.4. The van der Waals surface area contributed by atoms with Gasteiger partial charge in [-0.2, -0.15) is 0 Å². The normalized spacial score (nSPS) is 14.7. The maximum atomic E-state index is 12.1. The van der Waals surface area contributed by atoms with Crippen LogP contribution in [0.3, 0.4) is 0 Å². The highest BCUT2D eigenvalue weighted by molar-refractivity contribution is 5.82. The second kappa shape index (κ2) is 8.44. The van der Waals surface area contributed by atoms with Crippen LogP contribution in [-0.2, 0) is 9.53 Å². The first-order chi connectivity index (χ1) is 12.2. The molecule has 2 aromatic rings. The van der Waals surface area contributed by atoms with E-state index in [9.17, 15) is 4.79 Å². The number of aliphatic imine (C=N–C) groups is 1. The first kappa shape index (κ1) is 17.2. The molecular weight excluding hydrogens is 316 g/mol. The minimum atomic E-state index is -0.00603. The molecule has 0 unspecified atom stereocenters. The van der Waals surface area contributed by atoms with Crippen LogP contribution in [0.5, 0.6) is 5.75 Å². The molecule has 2 aromatic carbocycles. The van der Waals surface area contributed by atoms with Crippen LogP contribution < -0.4 is 4.74 Å². The van der Waals surface area contributed by atoms with Crippen molar-refractivity contribution in [2.24, 2.45) is 4.99 Å². The van der Waals surface area contributed by atoms with Crippen LogP contribution in [0, 0.1) is 6.92 Å². The molecule has 0 aromatic heterocycles. The van der Waals surface area contributed by atoms with Gasteiger partial charge in [0.1, 0.15) is 5.75 Å². The molecule has 1 heterocycles. The Kier molecular flexibility index (Phi) is 5.80. The van der Waals surface area contributed by atoms with Gasteiger partial charge in [-0.25, -0.2) is 0 Å². The maximum absolute atomic E-state index is 12.1. The molecule has 0 spiro atoms. The van der Waals surface area contributed by atoms with Gasteiger partial charge in [-0.3, -0.25) is 9.79 Å². The van der Waals surface area contributed by atoms with E-state index in [0.29, 0.717) is 32.1 Å². The van der Waals surface area contributed by atoms with Gasteiger partial charge < -0.3 is 14.4 Å². The van der Waals surface area contributed by atoms with Gasteiger partial charge in [0.15, 0.2) is 6.61 Å². The summed E-state index contributed by atoms with van der Waals surface area (Å²) in [7, 11) is 0. The monoisotopic (exact) mass is 338 g/mol. The molecule has 25 heavy (non-hydrogen) atoms. The molecule has 0 bridgehead atoms. The number of para-hydroxylation sites is 1. The molecule has 5 nitrogen and oxygen atoms in total. The lowest BCUT2D eigenvalue weighted by Crippen LogP contribution is -2.42. The average Bonchev–Trinajstić information content (AvgIpc) is 2.67. The summed E-state index contributed by atoms with van der Waals surface area (Å²) in [6.45, 7) is 4.56. The zero-order chi connectivity index (χ0) is 17.5. The highest BCUT2D eigenvalue weighted by atomic mass is 16.5. The van der Waals surface area contributed by atoms with Crippen molar-refractivity contribution in [3.63, 3.8) is 0 Å². The Balaban J connectivity index is 1.53. The third kappa shape index (κ3) is 4.90. The summed E-state index contributed by atoms with van der Waals surface area (Å²) < 4.78 is 10.8. The van der Waals surface area contributed by atoms with E-state index in [2.05, 4.69) is 4.99 Å². The largest absolute Gasteiger partial charge is 0.484 e. The SMILES string of the molecule is Cc1ccccc1N=Cc1ccc(OCC(=O)N2CCOCC2)cc1. The van der Waals surface area contributed by atoms with Crippen LogP contribution in [0.2, 0.25) is 0 Å². The van der Waals surface area contributed by atoms with E-state index in [1.807, 2.05) is 61.7 Å². The first-order valence-corrected chi connectivity index (χ1v) is 8.40. The van der Waals surface area contributed by atoms with Gasteiger partial charge in [-0.15, -0.1) is 0 Å². The van der Waals surface area contributed by atoms with Crippen LogP contribution in [-0.4, -0.2) is 49.9 Å². The lowest BCUT2D eigenvalue weighted by molar-refractivity contribution is -0.137. The highest BCUT2D eigenvalue weighted by Gasteiger charge is 2.16. The molecule has 1 fully saturated rings. The van der Waals surface area contributed by atoms with Gasteiger partial charge in [0, 0.05) is 19.3 Å². The number of morpholine rings is 1. The lowest BCUT2D eigenvalue weighted by Gasteiger charge is -2.26. The average molecular weight is 338 g/mol. The Hall–Kier alpha value is -2.66. The quantitative estimate of drug-likeness (QED) is 0.788. The Bertz CT molecular complexity index is 735. The fourth-order valence-electron chi connectivity index (χ4n) is 2.55. The molecule has 0 aliphatic carbocycles. The predicted octanol–water partition coefficient (Wildman–Crippen LogP) is 2.98. The highest BCUT2D eigenvalue weighted by Crippen LogP contribution is 2.17. The van der Waals surface area contributed by atoms with Crippen LogP contribution in [0.25, 0.3) is 0 Å². The summed E-state index contributed by atoms with van der Waals surface area (Å²) in [4.78, 5) is 18.3. The lowest BCUT2D eigenvalue weighted by atomic mass is 10.2. The van der Waals surface area contributed by atoms with Crippen LogP contribution in [0.4, 0.5) is 5.69 Å². The number of hydrogen-bond donors (Lipinski definition) is 0. The smallest absolute Gasteiger partial charge is 0.260 e. The molecule has 130 valence electrons. The Morgan fingerprint density at radius 3 is 2.60 bits per heavy atom. The number of amides is 1. The van der Waals surface area contributed by atoms with Crippen molar-refractivity contribution in [2.45, 2.75) is 6.92 Å². The molecule has 1 aliphatic rings. The molecule has 1 amide bonds. The van der Waals surface area contributed by atoms with Gasteiger partial charge in [0.05, 0.1) is 18.9 Å². The molecule has 0 saturated carbocycles. The number of hydrogen-bond acceptors (Lipinski definition) is 4. The molecule has 0 radical (unpaired) electrons. The fourth-order valence-corrected chi connectivity index (χ4v) is 2.55. The van der Waals surface area contributed by atoms with Gasteiger partial charge in [-0.05, 0) is 48.4 Å². The van der Waals surface area contributed by atoms with Gasteiger partial charge in [0.2, 0.25) is 0 Å². The van der Waals surface area contributed by atoms with Crippen molar-refractivity contribution in [1.29, 1.82) is 0 Å². The van der Waals surface area contributed by atoms with Gasteiger partial charge in [-0.1, -0.05) is 18.2 Å². The fraction of sp³-hybridized carbons (Fsp3) is 0.300. The van der Waals surface area contributed by atoms with E-state index < -0.39 is 0 Å². The predicted molar refractivity (Wildman–Crippen MR) is 97.8 cm³/mol. The van der Waals surface area contributed by atoms with Crippen molar-refractivity contribution in [3.8, 4) is 5.75 Å². The second-order valence-corrected chi connectivity index (χ2v) is 5.90. The molecular formula is C20H22N2O3. The van der Waals surface area contributed by atoms with E-state index in [1.54, 1.807) is 4.90 Å². The van der Waals surface area contributed by atoms with Crippen LogP contribution >= 0.6 is 0 Å².